The van der Waals surface area contributed by atoms with E-state index in [0.29, 0.717) is 12.8 Å². The standard InChI is InChI=1S/C20H31NO6/c1-4-7-9-11-13-17(22)21(18(23)14-12-10-8-5-2)16(15-19(24)25)20(26)27-6-3/h7-10,16H,4-6,11-15H2,1-3H3,(H,24,25)/b9-7+,10-8+. The second-order valence-electron chi connectivity index (χ2n) is 5.86. The Labute approximate surface area is 161 Å². The lowest BCUT2D eigenvalue weighted by Gasteiger charge is -2.27. The van der Waals surface area contributed by atoms with E-state index in [0.717, 1.165) is 17.7 Å². The van der Waals surface area contributed by atoms with Crippen molar-refractivity contribution < 1.29 is 29.0 Å². The lowest BCUT2D eigenvalue weighted by atomic mass is 10.1. The van der Waals surface area contributed by atoms with Gasteiger partial charge in [0.1, 0.15) is 6.04 Å². The van der Waals surface area contributed by atoms with Gasteiger partial charge in [0.05, 0.1) is 13.0 Å². The number of carbonyl (C=O) groups is 4. The largest absolute Gasteiger partial charge is 0.481 e. The van der Waals surface area contributed by atoms with Crippen LogP contribution in [-0.2, 0) is 23.9 Å². The minimum absolute atomic E-state index is 0.0164. The Kier molecular flexibility index (Phi) is 13.4. The molecular formula is C20H31NO6. The highest BCUT2D eigenvalue weighted by Crippen LogP contribution is 2.14. The summed E-state index contributed by atoms with van der Waals surface area (Å²) in [5.74, 6) is -3.30. The molecule has 7 heteroatoms. The van der Waals surface area contributed by atoms with Gasteiger partial charge in [0.25, 0.3) is 0 Å². The topological polar surface area (TPSA) is 101 Å². The molecule has 0 heterocycles. The first kappa shape index (κ1) is 24.6. The fraction of sp³-hybridized carbons (Fsp3) is 0.600. The van der Waals surface area contributed by atoms with Crippen molar-refractivity contribution in [2.75, 3.05) is 6.61 Å². The third kappa shape index (κ3) is 10.3. The van der Waals surface area contributed by atoms with E-state index in [4.69, 9.17) is 9.84 Å². The number of hydrogen-bond donors (Lipinski definition) is 1. The first-order chi connectivity index (χ1) is 12.9. The van der Waals surface area contributed by atoms with Crippen LogP contribution in [0.4, 0.5) is 0 Å². The number of aliphatic carboxylic acids is 1. The van der Waals surface area contributed by atoms with Gasteiger partial charge in [-0.1, -0.05) is 38.2 Å². The third-order valence-electron chi connectivity index (χ3n) is 3.63. The average Bonchev–Trinajstić information content (AvgIpc) is 2.61. The maximum absolute atomic E-state index is 12.6. The van der Waals surface area contributed by atoms with Gasteiger partial charge in [0.2, 0.25) is 11.8 Å². The first-order valence-corrected chi connectivity index (χ1v) is 9.42. The second-order valence-corrected chi connectivity index (χ2v) is 5.86. The summed E-state index contributed by atoms with van der Waals surface area (Å²) in [7, 11) is 0. The second kappa shape index (κ2) is 14.7. The van der Waals surface area contributed by atoms with E-state index < -0.39 is 36.2 Å². The molecule has 0 spiro atoms. The van der Waals surface area contributed by atoms with E-state index >= 15 is 0 Å². The zero-order valence-electron chi connectivity index (χ0n) is 16.5. The van der Waals surface area contributed by atoms with E-state index in [1.54, 1.807) is 6.92 Å². The molecule has 0 bridgehead atoms. The Morgan fingerprint density at radius 3 is 1.74 bits per heavy atom. The van der Waals surface area contributed by atoms with Crippen LogP contribution in [0.1, 0.15) is 65.7 Å². The van der Waals surface area contributed by atoms with Crippen LogP contribution in [0.5, 0.6) is 0 Å². The summed E-state index contributed by atoms with van der Waals surface area (Å²) in [5.41, 5.74) is 0. The number of allylic oxidation sites excluding steroid dienone is 4. The van der Waals surface area contributed by atoms with Crippen molar-refractivity contribution in [2.45, 2.75) is 71.8 Å². The number of amides is 2. The van der Waals surface area contributed by atoms with E-state index in [9.17, 15) is 19.2 Å². The van der Waals surface area contributed by atoms with Crippen molar-refractivity contribution in [3.05, 3.63) is 24.3 Å². The van der Waals surface area contributed by atoms with Crippen LogP contribution in [0.3, 0.4) is 0 Å². The highest BCUT2D eigenvalue weighted by molar-refractivity contribution is 6.00. The highest BCUT2D eigenvalue weighted by Gasteiger charge is 2.36. The number of hydrogen-bond acceptors (Lipinski definition) is 5. The zero-order chi connectivity index (χ0) is 20.7. The van der Waals surface area contributed by atoms with Crippen LogP contribution in [0, 0.1) is 0 Å². The fourth-order valence-electron chi connectivity index (χ4n) is 2.39. The molecule has 0 radical (unpaired) electrons. The maximum Gasteiger partial charge on any atom is 0.329 e. The molecule has 1 atom stereocenters. The number of nitrogens with zero attached hydrogens (tertiary/aromatic N) is 1. The summed E-state index contributed by atoms with van der Waals surface area (Å²) in [6, 6.07) is -1.45. The number of carboxylic acids is 1. The Hall–Kier alpha value is -2.44. The third-order valence-corrected chi connectivity index (χ3v) is 3.63. The molecule has 2 amide bonds. The number of carbonyl (C=O) groups excluding carboxylic acids is 3. The van der Waals surface area contributed by atoms with Gasteiger partial charge in [0, 0.05) is 12.8 Å². The van der Waals surface area contributed by atoms with Gasteiger partial charge in [-0.15, -0.1) is 0 Å². The van der Waals surface area contributed by atoms with Crippen molar-refractivity contribution >= 4 is 23.8 Å². The van der Waals surface area contributed by atoms with Crippen LogP contribution < -0.4 is 0 Å². The van der Waals surface area contributed by atoms with Gasteiger partial charge in [-0.25, -0.2) is 4.79 Å². The minimum atomic E-state index is -1.45. The number of carboxylic acid groups (broad SMARTS) is 1. The molecule has 0 aliphatic heterocycles. The van der Waals surface area contributed by atoms with E-state index in [2.05, 4.69) is 0 Å². The molecule has 7 nitrogen and oxygen atoms in total. The molecule has 27 heavy (non-hydrogen) atoms. The molecule has 0 saturated carbocycles. The summed E-state index contributed by atoms with van der Waals surface area (Å²) in [5, 5.41) is 9.13. The quantitative estimate of drug-likeness (QED) is 0.388. The predicted octanol–water partition coefficient (Wildman–Crippen LogP) is 3.24. The summed E-state index contributed by atoms with van der Waals surface area (Å²) in [4.78, 5) is 49.4. The molecule has 0 aliphatic carbocycles. The molecule has 0 saturated heterocycles. The van der Waals surface area contributed by atoms with E-state index in [1.807, 2.05) is 38.2 Å². The molecule has 152 valence electrons. The monoisotopic (exact) mass is 381 g/mol. The molecular weight excluding hydrogens is 350 g/mol. The van der Waals surface area contributed by atoms with Crippen LogP contribution in [0.25, 0.3) is 0 Å². The molecule has 0 rings (SSSR count). The number of esters is 1. The van der Waals surface area contributed by atoms with E-state index in [1.165, 1.54) is 0 Å². The van der Waals surface area contributed by atoms with Crippen molar-refractivity contribution in [3.63, 3.8) is 0 Å². The summed E-state index contributed by atoms with van der Waals surface area (Å²) >= 11 is 0. The van der Waals surface area contributed by atoms with Gasteiger partial charge < -0.3 is 9.84 Å². The van der Waals surface area contributed by atoms with Crippen molar-refractivity contribution in [1.29, 1.82) is 0 Å². The molecule has 1 unspecified atom stereocenters. The lowest BCUT2D eigenvalue weighted by Crippen LogP contribution is -2.50. The normalized spacial score (nSPS) is 12.3. The molecule has 0 fully saturated rings. The highest BCUT2D eigenvalue weighted by atomic mass is 16.5. The summed E-state index contributed by atoms with van der Waals surface area (Å²) in [6.07, 6.45) is 9.27. The van der Waals surface area contributed by atoms with Gasteiger partial charge >= 0.3 is 11.9 Å². The Balaban J connectivity index is 5.46. The molecule has 0 aromatic carbocycles. The number of imide groups is 1. The van der Waals surface area contributed by atoms with E-state index in [-0.39, 0.29) is 19.4 Å². The Bertz CT molecular complexity index is 523. The van der Waals surface area contributed by atoms with Crippen LogP contribution in [0.2, 0.25) is 0 Å². The number of ether oxygens (including phenoxy) is 1. The maximum atomic E-state index is 12.6. The minimum Gasteiger partial charge on any atom is -0.481 e. The first-order valence-electron chi connectivity index (χ1n) is 9.42. The Morgan fingerprint density at radius 1 is 0.889 bits per heavy atom. The van der Waals surface area contributed by atoms with Crippen LogP contribution in [-0.4, -0.2) is 46.4 Å². The van der Waals surface area contributed by atoms with Crippen molar-refractivity contribution in [1.82, 2.24) is 4.90 Å². The van der Waals surface area contributed by atoms with Crippen LogP contribution >= 0.6 is 0 Å². The predicted molar refractivity (Wildman–Crippen MR) is 102 cm³/mol. The van der Waals surface area contributed by atoms with Gasteiger partial charge in [-0.05, 0) is 32.6 Å². The smallest absolute Gasteiger partial charge is 0.329 e. The lowest BCUT2D eigenvalue weighted by molar-refractivity contribution is -0.163. The fourth-order valence-corrected chi connectivity index (χ4v) is 2.39. The molecule has 0 aromatic heterocycles. The van der Waals surface area contributed by atoms with Gasteiger partial charge in [-0.2, -0.15) is 0 Å². The molecule has 1 N–H and O–H groups in total. The van der Waals surface area contributed by atoms with Gasteiger partial charge in [0.15, 0.2) is 0 Å². The van der Waals surface area contributed by atoms with Crippen LogP contribution in [0.15, 0.2) is 24.3 Å². The molecule has 0 aliphatic rings. The summed E-state index contributed by atoms with van der Waals surface area (Å²) < 4.78 is 4.90. The molecule has 0 aromatic rings. The number of rotatable bonds is 13. The average molecular weight is 381 g/mol. The van der Waals surface area contributed by atoms with Gasteiger partial charge in [-0.3, -0.25) is 19.3 Å². The van der Waals surface area contributed by atoms with Crippen molar-refractivity contribution in [3.8, 4) is 0 Å². The SMILES string of the molecule is CC/C=C/CCC(=O)N(C(=O)CC/C=C/CC)C(CC(=O)O)C(=O)OCC. The zero-order valence-corrected chi connectivity index (χ0v) is 16.5. The summed E-state index contributed by atoms with van der Waals surface area (Å²) in [6.45, 7) is 5.53. The van der Waals surface area contributed by atoms with Crippen molar-refractivity contribution in [2.24, 2.45) is 0 Å². The Morgan fingerprint density at radius 2 is 1.37 bits per heavy atom.